The van der Waals surface area contributed by atoms with Gasteiger partial charge in [-0.15, -0.1) is 0 Å². The van der Waals surface area contributed by atoms with Crippen LogP contribution in [0.5, 0.6) is 11.5 Å². The van der Waals surface area contributed by atoms with E-state index in [0.717, 1.165) is 49.7 Å². The molecule has 1 atom stereocenters. The predicted octanol–water partition coefficient (Wildman–Crippen LogP) is 3.41. The second-order valence-corrected chi connectivity index (χ2v) is 10.6. The molecule has 1 aliphatic rings. The van der Waals surface area contributed by atoms with Gasteiger partial charge in [0.1, 0.15) is 11.5 Å². The topological polar surface area (TPSA) is 87.7 Å². The van der Waals surface area contributed by atoms with Crippen LogP contribution in [0.3, 0.4) is 0 Å². The first-order valence-corrected chi connectivity index (χ1v) is 12.3. The van der Waals surface area contributed by atoms with Crippen LogP contribution in [0.15, 0.2) is 24.3 Å². The number of benzene rings is 2. The molecule has 0 spiro atoms. The molecule has 6 nitrogen and oxygen atoms in total. The molecular formula is C18H20I2N2O4S. The van der Waals surface area contributed by atoms with Gasteiger partial charge in [0.15, 0.2) is 0 Å². The molecule has 1 heterocycles. The first-order valence-electron chi connectivity index (χ1n) is 8.27. The first kappa shape index (κ1) is 20.9. The van der Waals surface area contributed by atoms with E-state index >= 15 is 0 Å². The van der Waals surface area contributed by atoms with Crippen LogP contribution in [0.2, 0.25) is 0 Å². The summed E-state index contributed by atoms with van der Waals surface area (Å²) in [6, 6.07) is 7.65. The molecule has 0 aliphatic carbocycles. The van der Waals surface area contributed by atoms with Gasteiger partial charge >= 0.3 is 0 Å². The number of sulfonamides is 1. The molecule has 2 aromatic carbocycles. The SMILES string of the molecule is COc1c(I)cc(C[C@H]2NCCc3cc(O)c(NS(C)(=O)=O)cc32)cc1I. The summed E-state index contributed by atoms with van der Waals surface area (Å²) in [5, 5.41) is 13.7. The van der Waals surface area contributed by atoms with Crippen LogP contribution in [0, 0.1) is 7.14 Å². The minimum atomic E-state index is -3.47. The lowest BCUT2D eigenvalue weighted by atomic mass is 9.89. The van der Waals surface area contributed by atoms with Gasteiger partial charge in [-0.1, -0.05) is 0 Å². The summed E-state index contributed by atoms with van der Waals surface area (Å²) in [7, 11) is -1.80. The maximum Gasteiger partial charge on any atom is 0.229 e. The Bertz CT molecular complexity index is 957. The van der Waals surface area contributed by atoms with Crippen LogP contribution in [-0.4, -0.2) is 33.4 Å². The Labute approximate surface area is 186 Å². The van der Waals surface area contributed by atoms with Gasteiger partial charge in [-0.2, -0.15) is 0 Å². The standard InChI is InChI=1S/C18H20I2N2O4S/c1-26-18-13(19)5-10(6-14(18)20)7-15-12-9-16(22-27(2,24)25)17(23)8-11(12)3-4-21-15/h5-6,8-9,15,21-23H,3-4,7H2,1-2H3/t15-/m1/s1. The monoisotopic (exact) mass is 614 g/mol. The van der Waals surface area contributed by atoms with Crippen molar-refractivity contribution in [3.05, 3.63) is 48.1 Å². The van der Waals surface area contributed by atoms with Gasteiger partial charge in [0.05, 0.1) is 26.2 Å². The normalized spacial score (nSPS) is 16.7. The molecule has 27 heavy (non-hydrogen) atoms. The molecule has 0 saturated carbocycles. The summed E-state index contributed by atoms with van der Waals surface area (Å²) >= 11 is 4.54. The number of anilines is 1. The van der Waals surface area contributed by atoms with E-state index in [0.29, 0.717) is 0 Å². The first-order chi connectivity index (χ1) is 12.7. The minimum absolute atomic E-state index is 0.0365. The van der Waals surface area contributed by atoms with Gasteiger partial charge in [0.2, 0.25) is 10.0 Å². The number of ether oxygens (including phenoxy) is 1. The molecule has 0 unspecified atom stereocenters. The van der Waals surface area contributed by atoms with E-state index < -0.39 is 10.0 Å². The zero-order valence-electron chi connectivity index (χ0n) is 14.8. The van der Waals surface area contributed by atoms with Crippen LogP contribution < -0.4 is 14.8 Å². The van der Waals surface area contributed by atoms with Crippen molar-refractivity contribution in [3.8, 4) is 11.5 Å². The Balaban J connectivity index is 1.95. The van der Waals surface area contributed by atoms with E-state index in [1.54, 1.807) is 19.2 Å². The second-order valence-electron chi connectivity index (χ2n) is 6.50. The number of phenols is 1. The quantitative estimate of drug-likeness (QED) is 0.355. The average Bonchev–Trinajstić information content (AvgIpc) is 2.55. The van der Waals surface area contributed by atoms with Crippen LogP contribution in [0.1, 0.15) is 22.7 Å². The van der Waals surface area contributed by atoms with Crippen LogP contribution in [0.25, 0.3) is 0 Å². The maximum atomic E-state index is 11.6. The smallest absolute Gasteiger partial charge is 0.229 e. The van der Waals surface area contributed by atoms with E-state index in [9.17, 15) is 13.5 Å². The summed E-state index contributed by atoms with van der Waals surface area (Å²) < 4.78 is 33.1. The molecule has 0 saturated heterocycles. The van der Waals surface area contributed by atoms with E-state index in [1.807, 2.05) is 0 Å². The fourth-order valence-corrected chi connectivity index (χ4v) is 6.21. The van der Waals surface area contributed by atoms with Gasteiger partial charge in [-0.25, -0.2) is 8.42 Å². The van der Waals surface area contributed by atoms with E-state index in [4.69, 9.17) is 4.74 Å². The number of phenolic OH excluding ortho intramolecular Hbond substituents is 1. The van der Waals surface area contributed by atoms with E-state index in [1.165, 1.54) is 5.56 Å². The third kappa shape index (κ3) is 4.98. The molecule has 3 rings (SSSR count). The highest BCUT2D eigenvalue weighted by Gasteiger charge is 2.23. The van der Waals surface area contributed by atoms with Crippen LogP contribution in [0.4, 0.5) is 5.69 Å². The van der Waals surface area contributed by atoms with Gasteiger partial charge in [-0.3, -0.25) is 4.72 Å². The van der Waals surface area contributed by atoms with Crippen molar-refractivity contribution >= 4 is 60.9 Å². The molecule has 1 aliphatic heterocycles. The Morgan fingerprint density at radius 2 is 1.93 bits per heavy atom. The lowest BCUT2D eigenvalue weighted by Crippen LogP contribution is -2.31. The number of aromatic hydroxyl groups is 1. The molecule has 0 amide bonds. The number of methoxy groups -OCH3 is 1. The van der Waals surface area contributed by atoms with Gasteiger partial charge in [0, 0.05) is 6.04 Å². The highest BCUT2D eigenvalue weighted by Crippen LogP contribution is 2.36. The largest absolute Gasteiger partial charge is 0.506 e. The number of halogens is 2. The lowest BCUT2D eigenvalue weighted by molar-refractivity contribution is 0.408. The van der Waals surface area contributed by atoms with Crippen molar-refractivity contribution in [1.82, 2.24) is 5.32 Å². The van der Waals surface area contributed by atoms with Crippen molar-refractivity contribution in [2.75, 3.05) is 24.6 Å². The number of hydrogen-bond donors (Lipinski definition) is 3. The van der Waals surface area contributed by atoms with Crippen molar-refractivity contribution in [2.24, 2.45) is 0 Å². The second kappa shape index (κ2) is 8.29. The van der Waals surface area contributed by atoms with Crippen LogP contribution >= 0.6 is 45.2 Å². The summed E-state index contributed by atoms with van der Waals surface area (Å²) in [4.78, 5) is 0. The zero-order valence-corrected chi connectivity index (χ0v) is 20.0. The molecule has 146 valence electrons. The minimum Gasteiger partial charge on any atom is -0.506 e. The average molecular weight is 614 g/mol. The zero-order chi connectivity index (χ0) is 19.8. The number of hydrogen-bond acceptors (Lipinski definition) is 5. The van der Waals surface area contributed by atoms with Gasteiger partial charge in [-0.05, 0) is 106 Å². The molecule has 0 aromatic heterocycles. The maximum absolute atomic E-state index is 11.6. The van der Waals surface area contributed by atoms with Gasteiger partial charge < -0.3 is 15.2 Å². The molecule has 2 aromatic rings. The van der Waals surface area contributed by atoms with Crippen molar-refractivity contribution in [1.29, 1.82) is 0 Å². The molecule has 0 fully saturated rings. The summed E-state index contributed by atoms with van der Waals surface area (Å²) in [6.07, 6.45) is 2.62. The van der Waals surface area contributed by atoms with E-state index in [2.05, 4.69) is 67.4 Å². The molecule has 0 radical (unpaired) electrons. The fraction of sp³-hybridized carbons (Fsp3) is 0.333. The third-order valence-corrected chi connectivity index (χ3v) is 6.61. The van der Waals surface area contributed by atoms with Crippen molar-refractivity contribution in [2.45, 2.75) is 18.9 Å². The molecule has 3 N–H and O–H groups in total. The number of fused-ring (bicyclic) bond motifs is 1. The summed E-state index contributed by atoms with van der Waals surface area (Å²) in [5.74, 6) is 0.829. The van der Waals surface area contributed by atoms with Crippen LogP contribution in [-0.2, 0) is 22.9 Å². The van der Waals surface area contributed by atoms with Gasteiger partial charge in [0.25, 0.3) is 0 Å². The Morgan fingerprint density at radius 1 is 1.26 bits per heavy atom. The summed E-state index contributed by atoms with van der Waals surface area (Å²) in [6.45, 7) is 0.806. The Kier molecular flexibility index (Phi) is 6.43. The Hall–Kier alpha value is -0.790. The predicted molar refractivity (Wildman–Crippen MR) is 123 cm³/mol. The Morgan fingerprint density at radius 3 is 2.52 bits per heavy atom. The molecular weight excluding hydrogens is 594 g/mol. The highest BCUT2D eigenvalue weighted by molar-refractivity contribution is 14.1. The molecule has 0 bridgehead atoms. The third-order valence-electron chi connectivity index (χ3n) is 4.42. The number of rotatable bonds is 5. The lowest BCUT2D eigenvalue weighted by Gasteiger charge is -2.28. The van der Waals surface area contributed by atoms with Crippen molar-refractivity contribution in [3.63, 3.8) is 0 Å². The molecule has 9 heteroatoms. The number of nitrogens with one attached hydrogen (secondary N) is 2. The fourth-order valence-electron chi connectivity index (χ4n) is 3.30. The van der Waals surface area contributed by atoms with E-state index in [-0.39, 0.29) is 17.5 Å². The summed E-state index contributed by atoms with van der Waals surface area (Å²) in [5.41, 5.74) is 3.42. The van der Waals surface area contributed by atoms with Crippen molar-refractivity contribution < 1.29 is 18.3 Å². The highest BCUT2D eigenvalue weighted by atomic mass is 127.